The third kappa shape index (κ3) is 6.11. The highest BCUT2D eigenvalue weighted by Gasteiger charge is 2.15. The Balaban J connectivity index is 1.96. The molecule has 0 bridgehead atoms. The van der Waals surface area contributed by atoms with Gasteiger partial charge in [0.2, 0.25) is 5.95 Å². The van der Waals surface area contributed by atoms with Gasteiger partial charge in [-0.25, -0.2) is 9.97 Å². The maximum atomic E-state index is 12.6. The Morgan fingerprint density at radius 2 is 2.04 bits per heavy atom. The van der Waals surface area contributed by atoms with Gasteiger partial charge in [-0.05, 0) is 43.5 Å². The van der Waals surface area contributed by atoms with Gasteiger partial charge in [0.15, 0.2) is 0 Å². The van der Waals surface area contributed by atoms with E-state index < -0.39 is 0 Å². The van der Waals surface area contributed by atoms with Crippen LogP contribution in [-0.4, -0.2) is 59.6 Å². The molecule has 1 N–H and O–H groups in total. The van der Waals surface area contributed by atoms with Gasteiger partial charge in [-0.15, -0.1) is 0 Å². The molecule has 0 fully saturated rings. The molecule has 2 heterocycles. The van der Waals surface area contributed by atoms with Crippen molar-refractivity contribution >= 4 is 11.9 Å². The van der Waals surface area contributed by atoms with Gasteiger partial charge in [-0.3, -0.25) is 9.78 Å². The van der Waals surface area contributed by atoms with Gasteiger partial charge < -0.3 is 15.0 Å². The highest BCUT2D eigenvalue weighted by Crippen LogP contribution is 2.08. The van der Waals surface area contributed by atoms with Crippen molar-refractivity contribution in [1.29, 1.82) is 0 Å². The van der Waals surface area contributed by atoms with Gasteiger partial charge in [0, 0.05) is 51.9 Å². The zero-order chi connectivity index (χ0) is 18.1. The summed E-state index contributed by atoms with van der Waals surface area (Å²) in [7, 11) is 3.45. The van der Waals surface area contributed by atoms with E-state index in [1.165, 1.54) is 0 Å². The number of pyridine rings is 1. The van der Waals surface area contributed by atoms with Crippen LogP contribution in [0.5, 0.6) is 0 Å². The molecule has 0 aliphatic carbocycles. The Morgan fingerprint density at radius 3 is 2.76 bits per heavy atom. The monoisotopic (exact) mass is 343 g/mol. The van der Waals surface area contributed by atoms with Crippen molar-refractivity contribution in [3.05, 3.63) is 47.5 Å². The fourth-order valence-electron chi connectivity index (χ4n) is 2.32. The van der Waals surface area contributed by atoms with E-state index in [-0.39, 0.29) is 5.91 Å². The summed E-state index contributed by atoms with van der Waals surface area (Å²) in [6, 6.07) is 5.62. The fourth-order valence-corrected chi connectivity index (χ4v) is 2.32. The maximum absolute atomic E-state index is 12.6. The van der Waals surface area contributed by atoms with Gasteiger partial charge in [0.25, 0.3) is 5.91 Å². The average Bonchev–Trinajstić information content (AvgIpc) is 2.63. The van der Waals surface area contributed by atoms with Crippen molar-refractivity contribution in [2.24, 2.45) is 0 Å². The lowest BCUT2D eigenvalue weighted by atomic mass is 10.2. The van der Waals surface area contributed by atoms with Crippen LogP contribution in [0.15, 0.2) is 30.6 Å². The molecule has 0 saturated heterocycles. The lowest BCUT2D eigenvalue weighted by Crippen LogP contribution is -2.30. The fraction of sp³-hybridized carbons (Fsp3) is 0.444. The van der Waals surface area contributed by atoms with Crippen LogP contribution in [0.25, 0.3) is 0 Å². The number of carbonyl (C=O) groups excluding carboxylic acids is 1. The van der Waals surface area contributed by atoms with Crippen LogP contribution in [0.3, 0.4) is 0 Å². The van der Waals surface area contributed by atoms with E-state index in [4.69, 9.17) is 4.74 Å². The van der Waals surface area contributed by atoms with Crippen molar-refractivity contribution in [1.82, 2.24) is 19.9 Å². The largest absolute Gasteiger partial charge is 0.385 e. The lowest BCUT2D eigenvalue weighted by Gasteiger charge is -2.17. The number of anilines is 1. The number of aryl methyl sites for hydroxylation is 1. The Bertz CT molecular complexity index is 678. The average molecular weight is 343 g/mol. The molecule has 0 aliphatic heterocycles. The van der Waals surface area contributed by atoms with E-state index in [0.717, 1.165) is 24.1 Å². The summed E-state index contributed by atoms with van der Waals surface area (Å²) in [6.07, 6.45) is 5.14. The molecule has 0 saturated carbocycles. The van der Waals surface area contributed by atoms with Gasteiger partial charge in [0.1, 0.15) is 5.69 Å². The number of carbonyl (C=O) groups is 1. The molecule has 25 heavy (non-hydrogen) atoms. The summed E-state index contributed by atoms with van der Waals surface area (Å²) in [4.78, 5) is 27.0. The quantitative estimate of drug-likeness (QED) is 0.701. The summed E-state index contributed by atoms with van der Waals surface area (Å²) in [5.41, 5.74) is 2.31. The number of aromatic nitrogens is 3. The third-order valence-electron chi connectivity index (χ3n) is 3.71. The topological polar surface area (TPSA) is 80.2 Å². The van der Waals surface area contributed by atoms with Crippen molar-refractivity contribution in [2.75, 3.05) is 39.2 Å². The first-order valence-corrected chi connectivity index (χ1v) is 8.33. The second-order valence-corrected chi connectivity index (χ2v) is 5.82. The summed E-state index contributed by atoms with van der Waals surface area (Å²) in [5.74, 6) is 0.362. The molecule has 134 valence electrons. The Morgan fingerprint density at radius 1 is 1.28 bits per heavy atom. The lowest BCUT2D eigenvalue weighted by molar-refractivity contribution is 0.0790. The number of hydrogen-bond acceptors (Lipinski definition) is 6. The molecule has 0 aliphatic rings. The van der Waals surface area contributed by atoms with Gasteiger partial charge >= 0.3 is 0 Å². The van der Waals surface area contributed by atoms with E-state index in [0.29, 0.717) is 31.3 Å². The molecule has 0 unspecified atom stereocenters. The van der Waals surface area contributed by atoms with E-state index in [1.54, 1.807) is 37.5 Å². The van der Waals surface area contributed by atoms with E-state index in [1.807, 2.05) is 19.1 Å². The van der Waals surface area contributed by atoms with E-state index in [2.05, 4.69) is 20.3 Å². The highest BCUT2D eigenvalue weighted by atomic mass is 16.5. The SMILES string of the molecule is COCCCNc1nc(C)cc(C(=O)N(C)CCc2ccncc2)n1. The number of ether oxygens (including phenoxy) is 1. The van der Waals surface area contributed by atoms with Crippen molar-refractivity contribution in [3.8, 4) is 0 Å². The smallest absolute Gasteiger partial charge is 0.272 e. The maximum Gasteiger partial charge on any atom is 0.272 e. The van der Waals surface area contributed by atoms with Crippen LogP contribution in [0.2, 0.25) is 0 Å². The number of methoxy groups -OCH3 is 1. The zero-order valence-corrected chi connectivity index (χ0v) is 15.0. The molecule has 2 aromatic rings. The molecule has 2 aromatic heterocycles. The standard InChI is InChI=1S/C18H25N5O2/c1-14-13-16(22-18(21-14)20-8-4-12-25-3)17(24)23(2)11-7-15-5-9-19-10-6-15/h5-6,9-10,13H,4,7-8,11-12H2,1-3H3,(H,20,21,22). The van der Waals surface area contributed by atoms with Crippen LogP contribution in [0.1, 0.15) is 28.2 Å². The molecule has 0 atom stereocenters. The first-order chi connectivity index (χ1) is 12.1. The van der Waals surface area contributed by atoms with E-state index >= 15 is 0 Å². The normalized spacial score (nSPS) is 10.5. The van der Waals surface area contributed by atoms with Crippen molar-refractivity contribution < 1.29 is 9.53 Å². The minimum Gasteiger partial charge on any atom is -0.385 e. The van der Waals surface area contributed by atoms with Gasteiger partial charge in [-0.2, -0.15) is 0 Å². The second-order valence-electron chi connectivity index (χ2n) is 5.82. The number of nitrogens with one attached hydrogen (secondary N) is 1. The number of rotatable bonds is 9. The predicted molar refractivity (Wildman–Crippen MR) is 96.7 cm³/mol. The summed E-state index contributed by atoms with van der Waals surface area (Å²) in [5, 5.41) is 3.13. The zero-order valence-electron chi connectivity index (χ0n) is 15.0. The summed E-state index contributed by atoms with van der Waals surface area (Å²) >= 11 is 0. The van der Waals surface area contributed by atoms with Crippen LogP contribution in [0, 0.1) is 6.92 Å². The van der Waals surface area contributed by atoms with Crippen molar-refractivity contribution in [3.63, 3.8) is 0 Å². The highest BCUT2D eigenvalue weighted by molar-refractivity contribution is 5.92. The van der Waals surface area contributed by atoms with E-state index in [9.17, 15) is 4.79 Å². The minimum absolute atomic E-state index is 0.112. The molecule has 0 aromatic carbocycles. The first-order valence-electron chi connectivity index (χ1n) is 8.33. The van der Waals surface area contributed by atoms with Crippen molar-refractivity contribution in [2.45, 2.75) is 19.8 Å². The van der Waals surface area contributed by atoms with Gasteiger partial charge in [-0.1, -0.05) is 0 Å². The van der Waals surface area contributed by atoms with Gasteiger partial charge in [0.05, 0.1) is 0 Å². The van der Waals surface area contributed by atoms with Crippen LogP contribution in [0.4, 0.5) is 5.95 Å². The Hall–Kier alpha value is -2.54. The molecular formula is C18H25N5O2. The Kier molecular flexibility index (Phi) is 7.28. The predicted octanol–water partition coefficient (Wildman–Crippen LogP) is 1.94. The molecular weight excluding hydrogens is 318 g/mol. The second kappa shape index (κ2) is 9.68. The third-order valence-corrected chi connectivity index (χ3v) is 3.71. The van der Waals surface area contributed by atoms with Crippen LogP contribution in [-0.2, 0) is 11.2 Å². The number of nitrogens with zero attached hydrogens (tertiary/aromatic N) is 4. The number of hydrogen-bond donors (Lipinski definition) is 1. The van der Waals surface area contributed by atoms with Crippen LogP contribution >= 0.6 is 0 Å². The first kappa shape index (κ1) is 18.8. The number of likely N-dealkylation sites (N-methyl/N-ethyl adjacent to an activating group) is 1. The summed E-state index contributed by atoms with van der Waals surface area (Å²) in [6.45, 7) is 3.84. The number of amides is 1. The minimum atomic E-state index is -0.112. The molecule has 0 spiro atoms. The van der Waals surface area contributed by atoms with Crippen LogP contribution < -0.4 is 5.32 Å². The molecule has 7 nitrogen and oxygen atoms in total. The molecule has 0 radical (unpaired) electrons. The molecule has 2 rings (SSSR count). The summed E-state index contributed by atoms with van der Waals surface area (Å²) < 4.78 is 5.01. The molecule has 1 amide bonds. The molecule has 7 heteroatoms. The Labute approximate surface area is 148 Å².